The fraction of sp³-hybridized carbons (Fsp3) is 0.500. The maximum absolute atomic E-state index is 5.75. The molecule has 1 aliphatic rings. The monoisotopic (exact) mass is 223 g/mol. The molecule has 0 bridgehead atoms. The van der Waals surface area contributed by atoms with Crippen LogP contribution in [0.3, 0.4) is 0 Å². The van der Waals surface area contributed by atoms with E-state index >= 15 is 0 Å². The van der Waals surface area contributed by atoms with E-state index in [0.29, 0.717) is 24.8 Å². The van der Waals surface area contributed by atoms with E-state index in [4.69, 9.17) is 19.9 Å². The maximum Gasteiger partial charge on any atom is 0.164 e. The van der Waals surface area contributed by atoms with E-state index in [-0.39, 0.29) is 0 Å². The van der Waals surface area contributed by atoms with Gasteiger partial charge >= 0.3 is 0 Å². The molecule has 2 rings (SSSR count). The van der Waals surface area contributed by atoms with Crippen molar-refractivity contribution in [1.29, 1.82) is 0 Å². The van der Waals surface area contributed by atoms with Crippen LogP contribution in [0.5, 0.6) is 17.2 Å². The van der Waals surface area contributed by atoms with Crippen LogP contribution in [0.4, 0.5) is 0 Å². The molecule has 1 atom stereocenters. The maximum atomic E-state index is 5.75. The molecule has 4 heteroatoms. The first kappa shape index (κ1) is 11.1. The lowest BCUT2D eigenvalue weighted by molar-refractivity contribution is 0.264. The van der Waals surface area contributed by atoms with Crippen molar-refractivity contribution in [3.05, 3.63) is 17.7 Å². The lowest BCUT2D eigenvalue weighted by Crippen LogP contribution is -2.21. The first-order valence-corrected chi connectivity index (χ1v) is 5.39. The molecule has 1 aromatic rings. The zero-order chi connectivity index (χ0) is 11.5. The number of hydrogen-bond donors (Lipinski definition) is 1. The SMILES string of the molecule is COc1cc2c(cc1OC)C(CN)CCO2. The molecule has 0 amide bonds. The zero-order valence-corrected chi connectivity index (χ0v) is 9.66. The predicted octanol–water partition coefficient (Wildman–Crippen LogP) is 1.53. The highest BCUT2D eigenvalue weighted by molar-refractivity contribution is 5.52. The second-order valence-electron chi connectivity index (χ2n) is 3.81. The molecular weight excluding hydrogens is 206 g/mol. The van der Waals surface area contributed by atoms with Crippen LogP contribution in [0.15, 0.2) is 12.1 Å². The first-order valence-electron chi connectivity index (χ1n) is 5.39. The summed E-state index contributed by atoms with van der Waals surface area (Å²) in [6, 6.07) is 3.83. The molecule has 0 fully saturated rings. The number of benzene rings is 1. The third kappa shape index (κ3) is 1.80. The van der Waals surface area contributed by atoms with Crippen molar-refractivity contribution in [1.82, 2.24) is 0 Å². The van der Waals surface area contributed by atoms with Crippen molar-refractivity contribution in [2.24, 2.45) is 5.73 Å². The highest BCUT2D eigenvalue weighted by Gasteiger charge is 2.23. The van der Waals surface area contributed by atoms with Gasteiger partial charge in [0, 0.05) is 17.5 Å². The standard InChI is InChI=1S/C12H17NO3/c1-14-11-5-9-8(7-13)3-4-16-10(9)6-12(11)15-2/h5-6,8H,3-4,7,13H2,1-2H3. The summed E-state index contributed by atoms with van der Waals surface area (Å²) in [6.07, 6.45) is 0.957. The summed E-state index contributed by atoms with van der Waals surface area (Å²) < 4.78 is 16.1. The Balaban J connectivity index is 2.46. The van der Waals surface area contributed by atoms with Crippen LogP contribution in [-0.4, -0.2) is 27.4 Å². The molecule has 2 N–H and O–H groups in total. The van der Waals surface area contributed by atoms with Gasteiger partial charge in [0.05, 0.1) is 20.8 Å². The van der Waals surface area contributed by atoms with Gasteiger partial charge in [-0.05, 0) is 19.0 Å². The predicted molar refractivity (Wildman–Crippen MR) is 61.5 cm³/mol. The third-order valence-corrected chi connectivity index (χ3v) is 2.96. The molecule has 4 nitrogen and oxygen atoms in total. The molecule has 16 heavy (non-hydrogen) atoms. The van der Waals surface area contributed by atoms with E-state index in [2.05, 4.69) is 0 Å². The minimum Gasteiger partial charge on any atom is -0.493 e. The summed E-state index contributed by atoms with van der Waals surface area (Å²) in [5.74, 6) is 2.63. The van der Waals surface area contributed by atoms with Gasteiger partial charge in [-0.25, -0.2) is 0 Å². The van der Waals surface area contributed by atoms with Crippen LogP contribution < -0.4 is 19.9 Å². The average molecular weight is 223 g/mol. The summed E-state index contributed by atoms with van der Waals surface area (Å²) in [4.78, 5) is 0. The quantitative estimate of drug-likeness (QED) is 0.844. The molecule has 0 aliphatic carbocycles. The second-order valence-corrected chi connectivity index (χ2v) is 3.81. The number of fused-ring (bicyclic) bond motifs is 1. The normalized spacial score (nSPS) is 18.6. The molecule has 0 spiro atoms. The number of nitrogens with two attached hydrogens (primary N) is 1. The van der Waals surface area contributed by atoms with Gasteiger partial charge < -0.3 is 19.9 Å². The summed E-state index contributed by atoms with van der Waals surface area (Å²) >= 11 is 0. The van der Waals surface area contributed by atoms with E-state index < -0.39 is 0 Å². The van der Waals surface area contributed by atoms with E-state index in [1.807, 2.05) is 12.1 Å². The topological polar surface area (TPSA) is 53.7 Å². The van der Waals surface area contributed by atoms with Crippen LogP contribution in [0, 0.1) is 0 Å². The minimum absolute atomic E-state index is 0.351. The Morgan fingerprint density at radius 1 is 1.31 bits per heavy atom. The molecule has 1 unspecified atom stereocenters. The lowest BCUT2D eigenvalue weighted by atomic mass is 9.93. The Hall–Kier alpha value is -1.42. The van der Waals surface area contributed by atoms with Crippen molar-refractivity contribution in [3.8, 4) is 17.2 Å². The van der Waals surface area contributed by atoms with Gasteiger partial charge in [-0.15, -0.1) is 0 Å². The molecule has 0 saturated heterocycles. The van der Waals surface area contributed by atoms with Crippen LogP contribution in [-0.2, 0) is 0 Å². The summed E-state index contributed by atoms with van der Waals surface area (Å²) in [7, 11) is 3.25. The summed E-state index contributed by atoms with van der Waals surface area (Å²) in [6.45, 7) is 1.34. The molecule has 0 saturated carbocycles. The minimum atomic E-state index is 0.351. The Labute approximate surface area is 95.3 Å². The molecule has 0 aromatic heterocycles. The van der Waals surface area contributed by atoms with Gasteiger partial charge in [-0.3, -0.25) is 0 Å². The highest BCUT2D eigenvalue weighted by Crippen LogP contribution is 2.41. The van der Waals surface area contributed by atoms with Crippen LogP contribution in [0.1, 0.15) is 17.9 Å². The van der Waals surface area contributed by atoms with Gasteiger partial charge in [0.25, 0.3) is 0 Å². The summed E-state index contributed by atoms with van der Waals surface area (Å²) in [5, 5.41) is 0. The molecule has 88 valence electrons. The smallest absolute Gasteiger partial charge is 0.164 e. The Morgan fingerprint density at radius 3 is 2.62 bits per heavy atom. The van der Waals surface area contributed by atoms with Crippen molar-refractivity contribution in [3.63, 3.8) is 0 Å². The van der Waals surface area contributed by atoms with Gasteiger partial charge in [-0.2, -0.15) is 0 Å². The van der Waals surface area contributed by atoms with Crippen molar-refractivity contribution >= 4 is 0 Å². The van der Waals surface area contributed by atoms with Crippen molar-refractivity contribution in [2.75, 3.05) is 27.4 Å². The van der Waals surface area contributed by atoms with Crippen molar-refractivity contribution < 1.29 is 14.2 Å². The van der Waals surface area contributed by atoms with Gasteiger partial charge in [0.15, 0.2) is 11.5 Å². The van der Waals surface area contributed by atoms with E-state index in [9.17, 15) is 0 Å². The fourth-order valence-electron chi connectivity index (χ4n) is 2.03. The van der Waals surface area contributed by atoms with Crippen LogP contribution in [0.2, 0.25) is 0 Å². The van der Waals surface area contributed by atoms with Crippen LogP contribution in [0.25, 0.3) is 0 Å². The molecule has 1 heterocycles. The molecule has 1 aromatic carbocycles. The van der Waals surface area contributed by atoms with E-state index in [0.717, 1.165) is 23.5 Å². The fourth-order valence-corrected chi connectivity index (χ4v) is 2.03. The first-order chi connectivity index (χ1) is 7.80. The Bertz CT molecular complexity index is 379. The largest absolute Gasteiger partial charge is 0.493 e. The number of rotatable bonds is 3. The second kappa shape index (κ2) is 4.61. The lowest BCUT2D eigenvalue weighted by Gasteiger charge is -2.26. The van der Waals surface area contributed by atoms with Gasteiger partial charge in [0.2, 0.25) is 0 Å². The summed E-state index contributed by atoms with van der Waals surface area (Å²) in [5.41, 5.74) is 6.87. The molecular formula is C12H17NO3. The number of ether oxygens (including phenoxy) is 3. The highest BCUT2D eigenvalue weighted by atomic mass is 16.5. The average Bonchev–Trinajstić information content (AvgIpc) is 2.36. The third-order valence-electron chi connectivity index (χ3n) is 2.96. The van der Waals surface area contributed by atoms with Crippen molar-refractivity contribution in [2.45, 2.75) is 12.3 Å². The molecule has 1 aliphatic heterocycles. The number of methoxy groups -OCH3 is 2. The number of hydrogen-bond acceptors (Lipinski definition) is 4. The van der Waals surface area contributed by atoms with Gasteiger partial charge in [-0.1, -0.05) is 0 Å². The van der Waals surface area contributed by atoms with E-state index in [1.54, 1.807) is 14.2 Å². The Morgan fingerprint density at radius 2 is 2.00 bits per heavy atom. The van der Waals surface area contributed by atoms with Crippen LogP contribution >= 0.6 is 0 Å². The zero-order valence-electron chi connectivity index (χ0n) is 9.66. The Kier molecular flexibility index (Phi) is 3.19. The van der Waals surface area contributed by atoms with E-state index in [1.165, 1.54) is 0 Å². The van der Waals surface area contributed by atoms with Gasteiger partial charge in [0.1, 0.15) is 5.75 Å². The molecule has 0 radical (unpaired) electrons.